The Bertz CT molecular complexity index is 411. The average molecular weight is 251 g/mol. The first-order chi connectivity index (χ1) is 8.53. The molecule has 1 fully saturated rings. The molecule has 0 heterocycles. The summed E-state index contributed by atoms with van der Waals surface area (Å²) < 4.78 is 13.9. The molecule has 0 bridgehead atoms. The molecule has 0 spiro atoms. The number of benzene rings is 1. The van der Waals surface area contributed by atoms with Crippen molar-refractivity contribution >= 4 is 0 Å². The Labute approximate surface area is 108 Å². The van der Waals surface area contributed by atoms with E-state index in [1.165, 1.54) is 12.5 Å². The highest BCUT2D eigenvalue weighted by Gasteiger charge is 2.48. The number of aliphatic hydroxyl groups is 1. The summed E-state index contributed by atoms with van der Waals surface area (Å²) in [5.41, 5.74) is 4.71. The van der Waals surface area contributed by atoms with E-state index in [4.69, 9.17) is 5.73 Å². The van der Waals surface area contributed by atoms with E-state index in [0.29, 0.717) is 12.1 Å². The van der Waals surface area contributed by atoms with Crippen molar-refractivity contribution in [2.75, 3.05) is 6.54 Å². The van der Waals surface area contributed by atoms with Crippen molar-refractivity contribution in [2.24, 2.45) is 11.1 Å². The maximum absolute atomic E-state index is 13.9. The van der Waals surface area contributed by atoms with Gasteiger partial charge in [-0.1, -0.05) is 37.5 Å². The molecule has 0 amide bonds. The fraction of sp³-hybridized carbons (Fsp3) is 0.600. The van der Waals surface area contributed by atoms with Crippen LogP contribution in [-0.2, 0) is 5.60 Å². The third-order valence-electron chi connectivity index (χ3n) is 4.63. The van der Waals surface area contributed by atoms with Gasteiger partial charge in [0.05, 0.1) is 5.60 Å². The average Bonchev–Trinajstić information content (AvgIpc) is 2.39. The Kier molecular flexibility index (Phi) is 3.74. The van der Waals surface area contributed by atoms with Crippen LogP contribution >= 0.6 is 0 Å². The summed E-state index contributed by atoms with van der Waals surface area (Å²) in [6.45, 7) is 2.11. The molecule has 1 aliphatic carbocycles. The summed E-state index contributed by atoms with van der Waals surface area (Å²) in [4.78, 5) is 0. The smallest absolute Gasteiger partial charge is 0.129 e. The Morgan fingerprint density at radius 1 is 1.28 bits per heavy atom. The second-order valence-corrected chi connectivity index (χ2v) is 5.60. The van der Waals surface area contributed by atoms with E-state index in [2.05, 4.69) is 0 Å². The second kappa shape index (κ2) is 4.98. The highest BCUT2D eigenvalue weighted by Crippen LogP contribution is 2.49. The molecule has 1 atom stereocenters. The molecular weight excluding hydrogens is 229 g/mol. The molecule has 18 heavy (non-hydrogen) atoms. The zero-order valence-corrected chi connectivity index (χ0v) is 11.0. The van der Waals surface area contributed by atoms with Crippen LogP contribution in [0, 0.1) is 11.2 Å². The molecule has 3 N–H and O–H groups in total. The number of rotatable bonds is 3. The van der Waals surface area contributed by atoms with E-state index in [9.17, 15) is 9.50 Å². The third-order valence-corrected chi connectivity index (χ3v) is 4.63. The lowest BCUT2D eigenvalue weighted by molar-refractivity contribution is -0.0939. The second-order valence-electron chi connectivity index (χ2n) is 5.60. The Balaban J connectivity index is 2.42. The van der Waals surface area contributed by atoms with E-state index in [1.807, 2.05) is 0 Å². The molecular formula is C15H22FNO. The first kappa shape index (κ1) is 13.5. The van der Waals surface area contributed by atoms with Gasteiger partial charge in [-0.3, -0.25) is 0 Å². The first-order valence-electron chi connectivity index (χ1n) is 6.71. The fourth-order valence-corrected chi connectivity index (χ4v) is 3.26. The Morgan fingerprint density at radius 3 is 2.44 bits per heavy atom. The van der Waals surface area contributed by atoms with Crippen LogP contribution in [0.4, 0.5) is 4.39 Å². The zero-order valence-electron chi connectivity index (χ0n) is 11.0. The van der Waals surface area contributed by atoms with Crippen LogP contribution < -0.4 is 5.73 Å². The van der Waals surface area contributed by atoms with Crippen LogP contribution in [0.15, 0.2) is 24.3 Å². The molecule has 2 nitrogen and oxygen atoms in total. The maximum atomic E-state index is 13.9. The monoisotopic (exact) mass is 251 g/mol. The van der Waals surface area contributed by atoms with Crippen LogP contribution in [0.5, 0.6) is 0 Å². The van der Waals surface area contributed by atoms with E-state index in [1.54, 1.807) is 25.1 Å². The molecule has 3 heteroatoms. The van der Waals surface area contributed by atoms with Crippen molar-refractivity contribution in [3.63, 3.8) is 0 Å². The van der Waals surface area contributed by atoms with Gasteiger partial charge in [-0.15, -0.1) is 0 Å². The van der Waals surface area contributed by atoms with E-state index < -0.39 is 11.0 Å². The summed E-state index contributed by atoms with van der Waals surface area (Å²) in [5, 5.41) is 10.9. The topological polar surface area (TPSA) is 46.2 Å². The molecule has 0 saturated heterocycles. The third kappa shape index (κ3) is 2.06. The van der Waals surface area contributed by atoms with Gasteiger partial charge in [-0.2, -0.15) is 0 Å². The predicted molar refractivity (Wildman–Crippen MR) is 70.5 cm³/mol. The van der Waals surface area contributed by atoms with Crippen molar-refractivity contribution in [1.82, 2.24) is 0 Å². The predicted octanol–water partition coefficient (Wildman–Crippen LogP) is 2.94. The molecule has 0 aliphatic heterocycles. The van der Waals surface area contributed by atoms with Crippen LogP contribution in [0.1, 0.15) is 44.6 Å². The zero-order chi connectivity index (χ0) is 13.2. The van der Waals surface area contributed by atoms with Crippen molar-refractivity contribution < 1.29 is 9.50 Å². The van der Waals surface area contributed by atoms with Gasteiger partial charge in [0.25, 0.3) is 0 Å². The van der Waals surface area contributed by atoms with Crippen molar-refractivity contribution in [3.8, 4) is 0 Å². The minimum absolute atomic E-state index is 0.346. The number of nitrogens with two attached hydrogens (primary N) is 1. The Morgan fingerprint density at radius 2 is 1.89 bits per heavy atom. The van der Waals surface area contributed by atoms with Gasteiger partial charge in [-0.05, 0) is 25.8 Å². The lowest BCUT2D eigenvalue weighted by Crippen LogP contribution is -2.50. The molecule has 1 aromatic rings. The molecule has 1 aliphatic rings. The van der Waals surface area contributed by atoms with E-state index >= 15 is 0 Å². The number of halogens is 1. The van der Waals surface area contributed by atoms with Crippen LogP contribution in [0.2, 0.25) is 0 Å². The lowest BCUT2D eigenvalue weighted by Gasteiger charge is -2.47. The van der Waals surface area contributed by atoms with Crippen LogP contribution in [0.25, 0.3) is 0 Å². The minimum atomic E-state index is -1.20. The normalized spacial score (nSPS) is 22.4. The standard InChI is InChI=1S/C15H22FNO/c1-14(18,12-7-3-4-8-13(12)16)15(11-17)9-5-2-6-10-15/h3-4,7-8,18H,2,5-6,9-11,17H2,1H3. The van der Waals surface area contributed by atoms with Crippen LogP contribution in [0.3, 0.4) is 0 Å². The molecule has 100 valence electrons. The van der Waals surface area contributed by atoms with Gasteiger partial charge in [0.1, 0.15) is 5.82 Å². The highest BCUT2D eigenvalue weighted by atomic mass is 19.1. The number of hydrogen-bond acceptors (Lipinski definition) is 2. The lowest BCUT2D eigenvalue weighted by atomic mass is 9.61. The van der Waals surface area contributed by atoms with Crippen molar-refractivity contribution in [2.45, 2.75) is 44.6 Å². The highest BCUT2D eigenvalue weighted by molar-refractivity contribution is 5.27. The van der Waals surface area contributed by atoms with Gasteiger partial charge in [0.15, 0.2) is 0 Å². The van der Waals surface area contributed by atoms with E-state index in [0.717, 1.165) is 25.7 Å². The molecule has 1 aromatic carbocycles. The summed E-state index contributed by atoms with van der Waals surface area (Å²) in [7, 11) is 0. The van der Waals surface area contributed by atoms with Gasteiger partial charge in [-0.25, -0.2) is 4.39 Å². The fourth-order valence-electron chi connectivity index (χ4n) is 3.26. The summed E-state index contributed by atoms with van der Waals surface area (Å²) in [5.74, 6) is -0.346. The summed E-state index contributed by atoms with van der Waals surface area (Å²) in [6, 6.07) is 6.48. The van der Waals surface area contributed by atoms with E-state index in [-0.39, 0.29) is 5.82 Å². The Hall–Kier alpha value is -0.930. The minimum Gasteiger partial charge on any atom is -0.385 e. The molecule has 1 saturated carbocycles. The number of hydrogen-bond donors (Lipinski definition) is 2. The maximum Gasteiger partial charge on any atom is 0.129 e. The molecule has 0 aromatic heterocycles. The molecule has 0 radical (unpaired) electrons. The van der Waals surface area contributed by atoms with Gasteiger partial charge in [0, 0.05) is 17.5 Å². The molecule has 1 unspecified atom stereocenters. The molecule has 2 rings (SSSR count). The first-order valence-corrected chi connectivity index (χ1v) is 6.71. The largest absolute Gasteiger partial charge is 0.385 e. The van der Waals surface area contributed by atoms with Gasteiger partial charge >= 0.3 is 0 Å². The van der Waals surface area contributed by atoms with Crippen molar-refractivity contribution in [3.05, 3.63) is 35.6 Å². The van der Waals surface area contributed by atoms with Crippen LogP contribution in [-0.4, -0.2) is 11.7 Å². The summed E-state index contributed by atoms with van der Waals surface area (Å²) in [6.07, 6.45) is 5.02. The van der Waals surface area contributed by atoms with Gasteiger partial charge < -0.3 is 10.8 Å². The van der Waals surface area contributed by atoms with Gasteiger partial charge in [0.2, 0.25) is 0 Å². The quantitative estimate of drug-likeness (QED) is 0.867. The van der Waals surface area contributed by atoms with Crippen molar-refractivity contribution in [1.29, 1.82) is 0 Å². The SMILES string of the molecule is CC(O)(c1ccccc1F)C1(CN)CCCCC1. The summed E-state index contributed by atoms with van der Waals surface area (Å²) >= 11 is 0.